The minimum absolute atomic E-state index is 0.0182. The van der Waals surface area contributed by atoms with Gasteiger partial charge >= 0.3 is 6.03 Å². The Bertz CT molecular complexity index is 1330. The lowest BCUT2D eigenvalue weighted by molar-refractivity contribution is 0.254. The number of anilines is 1. The van der Waals surface area contributed by atoms with Gasteiger partial charge in [-0.15, -0.1) is 5.10 Å². The predicted molar refractivity (Wildman–Crippen MR) is 109 cm³/mol. The first-order chi connectivity index (χ1) is 15.9. The van der Waals surface area contributed by atoms with Crippen LogP contribution < -0.4 is 15.5 Å². The largest absolute Gasteiger partial charge is 0.454 e. The molecule has 33 heavy (non-hydrogen) atoms. The number of hydrogen-bond acceptors (Lipinski definition) is 7. The van der Waals surface area contributed by atoms with E-state index in [1.807, 2.05) is 0 Å². The normalized spacial score (nSPS) is 11.0. The molecule has 4 rings (SSSR count). The molecule has 2 heterocycles. The molecule has 13 heteroatoms. The van der Waals surface area contributed by atoms with Crippen molar-refractivity contribution in [1.82, 2.24) is 25.2 Å². The number of pyridine rings is 1. The van der Waals surface area contributed by atoms with Gasteiger partial charge in [-0.25, -0.2) is 22.9 Å². The smallest absolute Gasteiger partial charge is 0.340 e. The molecule has 2 aromatic carbocycles. The Morgan fingerprint density at radius 1 is 1.06 bits per heavy atom. The number of tetrazole rings is 1. The number of hydrazone groups is 1. The van der Waals surface area contributed by atoms with Gasteiger partial charge in [-0.05, 0) is 46.3 Å². The summed E-state index contributed by atoms with van der Waals surface area (Å²) in [5, 5.41) is 15.3. The number of rotatable bonds is 6. The van der Waals surface area contributed by atoms with Gasteiger partial charge in [-0.2, -0.15) is 14.8 Å². The average molecular weight is 454 g/mol. The van der Waals surface area contributed by atoms with E-state index in [1.165, 1.54) is 47.5 Å². The van der Waals surface area contributed by atoms with Crippen LogP contribution in [0, 0.1) is 17.5 Å². The van der Waals surface area contributed by atoms with E-state index in [4.69, 9.17) is 10.5 Å². The number of halogens is 3. The highest BCUT2D eigenvalue weighted by Gasteiger charge is 2.15. The summed E-state index contributed by atoms with van der Waals surface area (Å²) in [5.74, 6) is -2.48. The summed E-state index contributed by atoms with van der Waals surface area (Å²) in [6.45, 7) is 0. The van der Waals surface area contributed by atoms with Gasteiger partial charge in [-0.3, -0.25) is 0 Å². The van der Waals surface area contributed by atoms with Gasteiger partial charge in [0.2, 0.25) is 0 Å². The number of primary amides is 1. The van der Waals surface area contributed by atoms with Crippen LogP contribution in [0.2, 0.25) is 0 Å². The number of aromatic nitrogens is 5. The van der Waals surface area contributed by atoms with Gasteiger partial charge in [0.15, 0.2) is 29.0 Å². The zero-order chi connectivity index (χ0) is 23.4. The molecule has 4 aromatic rings. The minimum Gasteiger partial charge on any atom is -0.454 e. The molecule has 2 amide bonds. The van der Waals surface area contributed by atoms with Crippen molar-refractivity contribution in [2.75, 3.05) is 5.01 Å². The van der Waals surface area contributed by atoms with Gasteiger partial charge in [0, 0.05) is 18.3 Å². The predicted octanol–water partition coefficient (Wildman–Crippen LogP) is 3.19. The van der Waals surface area contributed by atoms with Crippen molar-refractivity contribution < 1.29 is 22.7 Å². The molecule has 0 aliphatic heterocycles. The van der Waals surface area contributed by atoms with Crippen LogP contribution in [0.4, 0.5) is 23.7 Å². The molecule has 0 radical (unpaired) electrons. The maximum atomic E-state index is 14.7. The Balaban J connectivity index is 1.55. The van der Waals surface area contributed by atoms with Gasteiger partial charge in [0.1, 0.15) is 12.1 Å². The number of nitrogens with two attached hydrogens (primary N) is 1. The molecule has 10 nitrogen and oxygen atoms in total. The highest BCUT2D eigenvalue weighted by Crippen LogP contribution is 2.29. The molecule has 0 aliphatic rings. The number of carbonyl (C=O) groups excluding carboxylic acids is 1. The van der Waals surface area contributed by atoms with E-state index in [-0.39, 0.29) is 22.7 Å². The molecule has 166 valence electrons. The number of amides is 2. The number of benzene rings is 2. The lowest BCUT2D eigenvalue weighted by Crippen LogP contribution is -2.31. The Morgan fingerprint density at radius 3 is 2.61 bits per heavy atom. The molecule has 2 N–H and O–H groups in total. The van der Waals surface area contributed by atoms with Crippen LogP contribution in [0.15, 0.2) is 66.2 Å². The summed E-state index contributed by atoms with van der Waals surface area (Å²) in [4.78, 5) is 15.9. The first-order valence-corrected chi connectivity index (χ1v) is 9.16. The number of hydrogen-bond donors (Lipinski definition) is 1. The van der Waals surface area contributed by atoms with Crippen LogP contribution in [0.3, 0.4) is 0 Å². The molecule has 0 unspecified atom stereocenters. The Labute approximate surface area is 183 Å². The second kappa shape index (κ2) is 9.13. The molecule has 0 saturated heterocycles. The molecular weight excluding hydrogens is 441 g/mol. The van der Waals surface area contributed by atoms with Crippen molar-refractivity contribution in [3.8, 4) is 17.3 Å². The van der Waals surface area contributed by atoms with E-state index in [0.29, 0.717) is 10.8 Å². The van der Waals surface area contributed by atoms with Gasteiger partial charge < -0.3 is 10.5 Å². The van der Waals surface area contributed by atoms with Crippen LogP contribution >= 0.6 is 0 Å². The molecule has 0 atom stereocenters. The zero-order valence-corrected chi connectivity index (χ0v) is 16.5. The van der Waals surface area contributed by atoms with Gasteiger partial charge in [-0.1, -0.05) is 6.07 Å². The van der Waals surface area contributed by atoms with E-state index in [0.717, 1.165) is 24.4 Å². The van der Waals surface area contributed by atoms with E-state index in [1.54, 1.807) is 0 Å². The third-order valence-corrected chi connectivity index (χ3v) is 4.16. The highest BCUT2D eigenvalue weighted by atomic mass is 19.2. The Kier molecular flexibility index (Phi) is 5.93. The molecule has 0 aliphatic carbocycles. The standard InChI is InChI=1S/C20H13F3N8O2/c21-15-3-1-12(7-16(15)22)10-27-31(20(24)32)13-2-4-18(17(23)8-13)33-14-5-6-25-19(9-14)30-11-26-28-29-30/h1-11H,(H2,24,32)/b27-10+. The molecule has 0 spiro atoms. The molecule has 0 saturated carbocycles. The summed E-state index contributed by atoms with van der Waals surface area (Å²) in [7, 11) is 0. The topological polar surface area (TPSA) is 124 Å². The van der Waals surface area contributed by atoms with Gasteiger partial charge in [0.05, 0.1) is 11.9 Å². The van der Waals surface area contributed by atoms with Crippen LogP contribution in [0.1, 0.15) is 5.56 Å². The monoisotopic (exact) mass is 454 g/mol. The quantitative estimate of drug-likeness (QED) is 0.352. The van der Waals surface area contributed by atoms with E-state index < -0.39 is 23.5 Å². The van der Waals surface area contributed by atoms with Crippen molar-refractivity contribution in [1.29, 1.82) is 0 Å². The summed E-state index contributed by atoms with van der Waals surface area (Å²) < 4.78 is 47.9. The van der Waals surface area contributed by atoms with Crippen molar-refractivity contribution >= 4 is 17.9 Å². The second-order valence-corrected chi connectivity index (χ2v) is 6.39. The van der Waals surface area contributed by atoms with Crippen LogP contribution in [0.25, 0.3) is 5.82 Å². The summed E-state index contributed by atoms with van der Waals surface area (Å²) in [6.07, 6.45) is 3.84. The van der Waals surface area contributed by atoms with E-state index in [2.05, 4.69) is 25.6 Å². The third kappa shape index (κ3) is 4.92. The third-order valence-electron chi connectivity index (χ3n) is 4.16. The summed E-state index contributed by atoms with van der Waals surface area (Å²) in [5.41, 5.74) is 5.47. The number of ether oxygens (including phenoxy) is 1. The van der Waals surface area contributed by atoms with Crippen LogP contribution in [0.5, 0.6) is 11.5 Å². The lowest BCUT2D eigenvalue weighted by atomic mass is 10.2. The molecule has 0 fully saturated rings. The summed E-state index contributed by atoms with van der Waals surface area (Å²) >= 11 is 0. The van der Waals surface area contributed by atoms with Gasteiger partial charge in [0.25, 0.3) is 0 Å². The number of urea groups is 1. The fourth-order valence-electron chi connectivity index (χ4n) is 2.65. The fraction of sp³-hybridized carbons (Fsp3) is 0. The maximum Gasteiger partial charge on any atom is 0.340 e. The lowest BCUT2D eigenvalue weighted by Gasteiger charge is -2.15. The Morgan fingerprint density at radius 2 is 1.91 bits per heavy atom. The van der Waals surface area contributed by atoms with E-state index in [9.17, 15) is 18.0 Å². The van der Waals surface area contributed by atoms with Crippen LogP contribution in [-0.4, -0.2) is 37.4 Å². The first kappa shape index (κ1) is 21.4. The Hall–Kier alpha value is -4.81. The fourth-order valence-corrected chi connectivity index (χ4v) is 2.65. The molecule has 0 bridgehead atoms. The number of carbonyl (C=O) groups is 1. The average Bonchev–Trinajstić information content (AvgIpc) is 3.33. The first-order valence-electron chi connectivity index (χ1n) is 9.16. The second-order valence-electron chi connectivity index (χ2n) is 6.39. The van der Waals surface area contributed by atoms with Crippen molar-refractivity contribution in [2.24, 2.45) is 10.8 Å². The zero-order valence-electron chi connectivity index (χ0n) is 16.5. The van der Waals surface area contributed by atoms with Crippen LogP contribution in [-0.2, 0) is 0 Å². The van der Waals surface area contributed by atoms with Crippen molar-refractivity contribution in [2.45, 2.75) is 0 Å². The number of nitrogens with zero attached hydrogens (tertiary/aromatic N) is 7. The highest BCUT2D eigenvalue weighted by molar-refractivity contribution is 5.93. The SMILES string of the molecule is NC(=O)N(/N=C/c1ccc(F)c(F)c1)c1ccc(Oc2ccnc(-n3cnnn3)c2)c(F)c1. The van der Waals surface area contributed by atoms with E-state index >= 15 is 0 Å². The minimum atomic E-state index is -1.09. The maximum absolute atomic E-state index is 14.7. The van der Waals surface area contributed by atoms with Crippen molar-refractivity contribution in [3.05, 3.63) is 84.1 Å². The van der Waals surface area contributed by atoms with Crippen molar-refractivity contribution in [3.63, 3.8) is 0 Å². The molecule has 2 aromatic heterocycles. The molecular formula is C20H13F3N8O2. The summed E-state index contributed by atoms with van der Waals surface area (Å²) in [6, 6.07) is 8.59.